The topological polar surface area (TPSA) is 38.3 Å². The Morgan fingerprint density at radius 3 is 2.48 bits per heavy atom. The SMILES string of the molecule is CCC(Oc1cccc(Cl)c1)C(=O)NCCc1ccc(C(C)C)cc1. The minimum absolute atomic E-state index is 0.0960. The first kappa shape index (κ1) is 19.3. The summed E-state index contributed by atoms with van der Waals surface area (Å²) in [5.74, 6) is 1.04. The number of hydrogen-bond donors (Lipinski definition) is 1. The van der Waals surface area contributed by atoms with Gasteiger partial charge in [0.25, 0.3) is 5.91 Å². The molecular formula is C21H26ClNO2. The van der Waals surface area contributed by atoms with Gasteiger partial charge in [0.1, 0.15) is 5.75 Å². The number of carbonyl (C=O) groups excluding carboxylic acids is 1. The van der Waals surface area contributed by atoms with Crippen molar-refractivity contribution in [3.63, 3.8) is 0 Å². The van der Waals surface area contributed by atoms with Crippen molar-refractivity contribution in [2.24, 2.45) is 0 Å². The average molecular weight is 360 g/mol. The van der Waals surface area contributed by atoms with E-state index in [4.69, 9.17) is 16.3 Å². The van der Waals surface area contributed by atoms with Gasteiger partial charge in [-0.2, -0.15) is 0 Å². The molecule has 0 fully saturated rings. The van der Waals surface area contributed by atoms with Crippen LogP contribution in [-0.4, -0.2) is 18.6 Å². The van der Waals surface area contributed by atoms with E-state index in [1.54, 1.807) is 18.2 Å². The summed E-state index contributed by atoms with van der Waals surface area (Å²) in [7, 11) is 0. The Balaban J connectivity index is 1.83. The van der Waals surface area contributed by atoms with Crippen molar-refractivity contribution in [3.8, 4) is 5.75 Å². The highest BCUT2D eigenvalue weighted by Gasteiger charge is 2.17. The lowest BCUT2D eigenvalue weighted by Crippen LogP contribution is -2.38. The highest BCUT2D eigenvalue weighted by molar-refractivity contribution is 6.30. The van der Waals surface area contributed by atoms with Gasteiger partial charge in [-0.3, -0.25) is 4.79 Å². The Kier molecular flexibility index (Phi) is 7.32. The van der Waals surface area contributed by atoms with Gasteiger partial charge in [0.15, 0.2) is 6.10 Å². The average Bonchev–Trinajstić information content (AvgIpc) is 2.60. The minimum Gasteiger partial charge on any atom is -0.481 e. The molecule has 0 bridgehead atoms. The van der Waals surface area contributed by atoms with Crippen molar-refractivity contribution >= 4 is 17.5 Å². The summed E-state index contributed by atoms with van der Waals surface area (Å²) in [5, 5.41) is 3.55. The second-order valence-electron chi connectivity index (χ2n) is 6.41. The molecule has 0 aliphatic heterocycles. The molecule has 2 rings (SSSR count). The highest BCUT2D eigenvalue weighted by Crippen LogP contribution is 2.19. The summed E-state index contributed by atoms with van der Waals surface area (Å²) < 4.78 is 5.75. The molecular weight excluding hydrogens is 334 g/mol. The standard InChI is InChI=1S/C21H26ClNO2/c1-4-20(25-19-7-5-6-18(22)14-19)21(24)23-13-12-16-8-10-17(11-9-16)15(2)3/h5-11,14-15,20H,4,12-13H2,1-3H3,(H,23,24). The molecule has 0 radical (unpaired) electrons. The molecule has 0 spiro atoms. The van der Waals surface area contributed by atoms with Crippen LogP contribution in [0.15, 0.2) is 48.5 Å². The number of ether oxygens (including phenoxy) is 1. The van der Waals surface area contributed by atoms with Crippen molar-refractivity contribution in [3.05, 3.63) is 64.7 Å². The monoisotopic (exact) mass is 359 g/mol. The molecule has 0 saturated heterocycles. The lowest BCUT2D eigenvalue weighted by molar-refractivity contribution is -0.128. The third-order valence-electron chi connectivity index (χ3n) is 4.10. The first-order valence-corrected chi connectivity index (χ1v) is 9.16. The lowest BCUT2D eigenvalue weighted by atomic mass is 10.0. The third-order valence-corrected chi connectivity index (χ3v) is 4.33. The zero-order valence-corrected chi connectivity index (χ0v) is 15.8. The molecule has 4 heteroatoms. The number of rotatable bonds is 8. The van der Waals surface area contributed by atoms with E-state index < -0.39 is 6.10 Å². The molecule has 0 aromatic heterocycles. The summed E-state index contributed by atoms with van der Waals surface area (Å²) in [6.45, 7) is 6.88. The molecule has 134 valence electrons. The van der Waals surface area contributed by atoms with Gasteiger partial charge in [-0.1, -0.05) is 62.7 Å². The number of carbonyl (C=O) groups is 1. The van der Waals surface area contributed by atoms with Gasteiger partial charge >= 0.3 is 0 Å². The molecule has 1 amide bonds. The number of halogens is 1. The van der Waals surface area contributed by atoms with Crippen molar-refractivity contribution in [1.82, 2.24) is 5.32 Å². The molecule has 0 heterocycles. The van der Waals surface area contributed by atoms with Gasteiger partial charge in [0, 0.05) is 11.6 Å². The Bertz CT molecular complexity index is 683. The molecule has 0 aliphatic rings. The molecule has 1 N–H and O–H groups in total. The van der Waals surface area contributed by atoms with Crippen molar-refractivity contribution in [2.45, 2.75) is 45.6 Å². The Morgan fingerprint density at radius 1 is 1.16 bits per heavy atom. The van der Waals surface area contributed by atoms with Crippen LogP contribution in [0.5, 0.6) is 5.75 Å². The van der Waals surface area contributed by atoms with Crippen LogP contribution in [0.2, 0.25) is 5.02 Å². The van der Waals surface area contributed by atoms with Crippen molar-refractivity contribution in [1.29, 1.82) is 0 Å². The maximum Gasteiger partial charge on any atom is 0.261 e. The first-order valence-electron chi connectivity index (χ1n) is 8.78. The van der Waals surface area contributed by atoms with Crippen LogP contribution < -0.4 is 10.1 Å². The zero-order chi connectivity index (χ0) is 18.2. The summed E-state index contributed by atoms with van der Waals surface area (Å²) in [4.78, 5) is 12.3. The van der Waals surface area contributed by atoms with Crippen molar-refractivity contribution < 1.29 is 9.53 Å². The van der Waals surface area contributed by atoms with E-state index in [2.05, 4.69) is 43.4 Å². The maximum absolute atomic E-state index is 12.3. The number of hydrogen-bond acceptors (Lipinski definition) is 2. The number of amides is 1. The molecule has 0 saturated carbocycles. The Hall–Kier alpha value is -2.00. The smallest absolute Gasteiger partial charge is 0.261 e. The predicted octanol–water partition coefficient (Wildman–Crippen LogP) is 4.98. The van der Waals surface area contributed by atoms with Gasteiger partial charge in [0.05, 0.1) is 0 Å². The van der Waals surface area contributed by atoms with Gasteiger partial charge in [0.2, 0.25) is 0 Å². The van der Waals surface area contributed by atoms with Gasteiger partial charge < -0.3 is 10.1 Å². The van der Waals surface area contributed by atoms with Gasteiger partial charge in [-0.15, -0.1) is 0 Å². The van der Waals surface area contributed by atoms with E-state index in [1.807, 2.05) is 13.0 Å². The van der Waals surface area contributed by atoms with Gasteiger partial charge in [-0.25, -0.2) is 0 Å². The quantitative estimate of drug-likeness (QED) is 0.721. The molecule has 1 unspecified atom stereocenters. The fourth-order valence-electron chi connectivity index (χ4n) is 2.54. The largest absolute Gasteiger partial charge is 0.481 e. The van der Waals surface area contributed by atoms with E-state index in [1.165, 1.54) is 11.1 Å². The fraction of sp³-hybridized carbons (Fsp3) is 0.381. The first-order chi connectivity index (χ1) is 12.0. The summed E-state index contributed by atoms with van der Waals surface area (Å²) in [6, 6.07) is 15.7. The Labute approximate surface area is 155 Å². The molecule has 2 aromatic carbocycles. The third kappa shape index (κ3) is 6.09. The van der Waals surface area contributed by atoms with Crippen LogP contribution >= 0.6 is 11.6 Å². The van der Waals surface area contributed by atoms with E-state index in [0.29, 0.717) is 29.7 Å². The summed E-state index contributed by atoms with van der Waals surface area (Å²) >= 11 is 5.95. The van der Waals surface area contributed by atoms with Crippen LogP contribution in [0.25, 0.3) is 0 Å². The van der Waals surface area contributed by atoms with E-state index >= 15 is 0 Å². The predicted molar refractivity (Wildman–Crippen MR) is 103 cm³/mol. The zero-order valence-electron chi connectivity index (χ0n) is 15.1. The van der Waals surface area contributed by atoms with E-state index in [-0.39, 0.29) is 5.91 Å². The van der Waals surface area contributed by atoms with Crippen LogP contribution in [0.1, 0.15) is 44.2 Å². The van der Waals surface area contributed by atoms with Crippen LogP contribution in [0.4, 0.5) is 0 Å². The van der Waals surface area contributed by atoms with Crippen LogP contribution in [-0.2, 0) is 11.2 Å². The van der Waals surface area contributed by atoms with Crippen LogP contribution in [0.3, 0.4) is 0 Å². The van der Waals surface area contributed by atoms with E-state index in [9.17, 15) is 4.79 Å². The normalized spacial score (nSPS) is 12.0. The maximum atomic E-state index is 12.3. The van der Waals surface area contributed by atoms with Gasteiger partial charge in [-0.05, 0) is 48.1 Å². The molecule has 2 aromatic rings. The van der Waals surface area contributed by atoms with Crippen molar-refractivity contribution in [2.75, 3.05) is 6.54 Å². The number of benzene rings is 2. The second-order valence-corrected chi connectivity index (χ2v) is 6.85. The molecule has 1 atom stereocenters. The minimum atomic E-state index is -0.512. The molecule has 3 nitrogen and oxygen atoms in total. The van der Waals surface area contributed by atoms with E-state index in [0.717, 1.165) is 6.42 Å². The lowest BCUT2D eigenvalue weighted by Gasteiger charge is -2.17. The summed E-state index contributed by atoms with van der Waals surface area (Å²) in [6.07, 6.45) is 0.890. The second kappa shape index (κ2) is 9.47. The fourth-order valence-corrected chi connectivity index (χ4v) is 2.72. The number of nitrogens with one attached hydrogen (secondary N) is 1. The Morgan fingerprint density at radius 2 is 1.88 bits per heavy atom. The molecule has 0 aliphatic carbocycles. The summed E-state index contributed by atoms with van der Waals surface area (Å²) in [5.41, 5.74) is 2.54. The highest BCUT2D eigenvalue weighted by atomic mass is 35.5. The van der Waals surface area contributed by atoms with Crippen LogP contribution in [0, 0.1) is 0 Å². The molecule has 25 heavy (non-hydrogen) atoms.